The van der Waals surface area contributed by atoms with Gasteiger partial charge in [-0.3, -0.25) is 0 Å². The Hall–Kier alpha value is -0.730. The molecule has 3 atom stereocenters. The molecular formula is C15H20ClNO. The van der Waals surface area contributed by atoms with Crippen molar-refractivity contribution in [1.82, 2.24) is 5.32 Å². The van der Waals surface area contributed by atoms with Crippen LogP contribution in [0.2, 0.25) is 5.02 Å². The summed E-state index contributed by atoms with van der Waals surface area (Å²) in [5.74, 6) is 0.951. The molecule has 3 heteroatoms. The van der Waals surface area contributed by atoms with E-state index in [9.17, 15) is 0 Å². The largest absolute Gasteiger partial charge is 0.490 e. The minimum Gasteiger partial charge on any atom is -0.490 e. The Balaban J connectivity index is 1.71. The lowest BCUT2D eigenvalue weighted by atomic mass is 9.85. The summed E-state index contributed by atoms with van der Waals surface area (Å²) in [6.07, 6.45) is 6.56. The van der Waals surface area contributed by atoms with Crippen LogP contribution in [0.4, 0.5) is 0 Å². The Labute approximate surface area is 114 Å². The number of piperidine rings is 2. The summed E-state index contributed by atoms with van der Waals surface area (Å²) in [5, 5.41) is 4.48. The van der Waals surface area contributed by atoms with Gasteiger partial charge in [0.25, 0.3) is 0 Å². The Bertz CT molecular complexity index is 423. The van der Waals surface area contributed by atoms with Gasteiger partial charge >= 0.3 is 0 Å². The molecular weight excluding hydrogens is 246 g/mol. The highest BCUT2D eigenvalue weighted by atomic mass is 35.5. The van der Waals surface area contributed by atoms with Gasteiger partial charge in [-0.25, -0.2) is 0 Å². The molecule has 18 heavy (non-hydrogen) atoms. The average molecular weight is 266 g/mol. The highest BCUT2D eigenvalue weighted by Gasteiger charge is 2.32. The molecule has 2 saturated heterocycles. The van der Waals surface area contributed by atoms with Gasteiger partial charge in [0.2, 0.25) is 0 Å². The van der Waals surface area contributed by atoms with E-state index in [4.69, 9.17) is 16.3 Å². The molecule has 2 fully saturated rings. The second kappa shape index (κ2) is 5.10. The first kappa shape index (κ1) is 12.3. The van der Waals surface area contributed by atoms with Crippen LogP contribution in [0.3, 0.4) is 0 Å². The van der Waals surface area contributed by atoms with Crippen LogP contribution in [-0.4, -0.2) is 18.2 Å². The predicted octanol–water partition coefficient (Wildman–Crippen LogP) is 3.70. The molecule has 0 spiro atoms. The zero-order chi connectivity index (χ0) is 12.5. The highest BCUT2D eigenvalue weighted by molar-refractivity contribution is 6.31. The lowest BCUT2D eigenvalue weighted by Gasteiger charge is -2.40. The molecule has 0 aliphatic carbocycles. The molecule has 0 aromatic heterocycles. The fourth-order valence-electron chi connectivity index (χ4n) is 3.20. The summed E-state index contributed by atoms with van der Waals surface area (Å²) in [7, 11) is 0. The van der Waals surface area contributed by atoms with Crippen molar-refractivity contribution in [3.63, 3.8) is 0 Å². The van der Waals surface area contributed by atoms with E-state index in [0.717, 1.165) is 29.2 Å². The molecule has 0 unspecified atom stereocenters. The quantitative estimate of drug-likeness (QED) is 0.880. The van der Waals surface area contributed by atoms with Crippen LogP contribution in [0.25, 0.3) is 0 Å². The number of fused-ring (bicyclic) bond motifs is 2. The molecule has 2 heterocycles. The Kier molecular flexibility index (Phi) is 3.49. The number of nitrogens with one attached hydrogen (secondary N) is 1. The van der Waals surface area contributed by atoms with E-state index in [1.54, 1.807) is 0 Å². The third-order valence-corrected chi connectivity index (χ3v) is 4.59. The minimum absolute atomic E-state index is 0.346. The van der Waals surface area contributed by atoms with Crippen LogP contribution in [0.15, 0.2) is 18.2 Å². The maximum absolute atomic E-state index is 6.18. The lowest BCUT2D eigenvalue weighted by Crippen LogP contribution is -2.51. The van der Waals surface area contributed by atoms with E-state index in [1.807, 2.05) is 25.1 Å². The van der Waals surface area contributed by atoms with Crippen LogP contribution in [0.1, 0.15) is 37.7 Å². The Morgan fingerprint density at radius 1 is 1.22 bits per heavy atom. The van der Waals surface area contributed by atoms with Crippen molar-refractivity contribution in [3.05, 3.63) is 28.8 Å². The van der Waals surface area contributed by atoms with Gasteiger partial charge in [0, 0.05) is 22.7 Å². The topological polar surface area (TPSA) is 21.3 Å². The van der Waals surface area contributed by atoms with E-state index in [-0.39, 0.29) is 0 Å². The SMILES string of the molecule is Cc1c(Cl)cccc1O[C@@H]1C[C@H]2CCC[C@@H](C1)N2. The number of halogens is 1. The van der Waals surface area contributed by atoms with Crippen LogP contribution in [0, 0.1) is 6.92 Å². The van der Waals surface area contributed by atoms with Gasteiger partial charge < -0.3 is 10.1 Å². The summed E-state index contributed by atoms with van der Waals surface area (Å²) in [6.45, 7) is 2.03. The number of ether oxygens (including phenoxy) is 1. The number of hydrogen-bond donors (Lipinski definition) is 1. The normalized spacial score (nSPS) is 31.1. The molecule has 2 aliphatic rings. The second-order valence-electron chi connectivity index (χ2n) is 5.57. The molecule has 0 saturated carbocycles. The number of benzene rings is 1. The van der Waals surface area contributed by atoms with E-state index in [1.165, 1.54) is 19.3 Å². The first-order valence-corrected chi connectivity index (χ1v) is 7.28. The molecule has 1 aromatic rings. The van der Waals surface area contributed by atoms with Gasteiger partial charge in [-0.15, -0.1) is 0 Å². The summed E-state index contributed by atoms with van der Waals surface area (Å²) in [5.41, 5.74) is 1.06. The van der Waals surface area contributed by atoms with Crippen molar-refractivity contribution in [2.24, 2.45) is 0 Å². The van der Waals surface area contributed by atoms with Gasteiger partial charge in [-0.2, -0.15) is 0 Å². The van der Waals surface area contributed by atoms with Crippen molar-refractivity contribution in [3.8, 4) is 5.75 Å². The minimum atomic E-state index is 0.346. The first-order chi connectivity index (χ1) is 8.72. The van der Waals surface area contributed by atoms with Crippen molar-refractivity contribution in [2.75, 3.05) is 0 Å². The molecule has 98 valence electrons. The Morgan fingerprint density at radius 2 is 1.94 bits per heavy atom. The molecule has 1 N–H and O–H groups in total. The van der Waals surface area contributed by atoms with E-state index >= 15 is 0 Å². The third kappa shape index (κ3) is 2.50. The van der Waals surface area contributed by atoms with Gasteiger partial charge in [0.15, 0.2) is 0 Å². The van der Waals surface area contributed by atoms with Crippen molar-refractivity contribution >= 4 is 11.6 Å². The van der Waals surface area contributed by atoms with Gasteiger partial charge in [-0.1, -0.05) is 24.1 Å². The van der Waals surface area contributed by atoms with E-state index in [2.05, 4.69) is 5.32 Å². The van der Waals surface area contributed by atoms with Crippen LogP contribution in [-0.2, 0) is 0 Å². The average Bonchev–Trinajstić information content (AvgIpc) is 2.35. The van der Waals surface area contributed by atoms with Crippen LogP contribution in [0.5, 0.6) is 5.75 Å². The molecule has 2 aliphatic heterocycles. The molecule has 0 radical (unpaired) electrons. The molecule has 2 nitrogen and oxygen atoms in total. The van der Waals surface area contributed by atoms with E-state index in [0.29, 0.717) is 18.2 Å². The first-order valence-electron chi connectivity index (χ1n) is 6.90. The maximum Gasteiger partial charge on any atom is 0.124 e. The molecule has 0 amide bonds. The van der Waals surface area contributed by atoms with Crippen molar-refractivity contribution in [2.45, 2.75) is 57.2 Å². The summed E-state index contributed by atoms with van der Waals surface area (Å²) >= 11 is 6.13. The third-order valence-electron chi connectivity index (χ3n) is 4.18. The number of hydrogen-bond acceptors (Lipinski definition) is 2. The predicted molar refractivity (Wildman–Crippen MR) is 74.4 cm³/mol. The van der Waals surface area contributed by atoms with E-state index < -0.39 is 0 Å². The molecule has 3 rings (SSSR count). The Morgan fingerprint density at radius 3 is 2.67 bits per heavy atom. The van der Waals surface area contributed by atoms with Gasteiger partial charge in [0.1, 0.15) is 11.9 Å². The molecule has 1 aromatic carbocycles. The molecule has 2 bridgehead atoms. The van der Waals surface area contributed by atoms with Crippen molar-refractivity contribution < 1.29 is 4.74 Å². The fraction of sp³-hybridized carbons (Fsp3) is 0.600. The standard InChI is InChI=1S/C15H20ClNO/c1-10-14(16)6-3-7-15(10)18-13-8-11-4-2-5-12(9-13)17-11/h3,6-7,11-13,17H,2,4-5,8-9H2,1H3/t11-,12+,13-. The van der Waals surface area contributed by atoms with Crippen LogP contribution >= 0.6 is 11.6 Å². The monoisotopic (exact) mass is 265 g/mol. The summed E-state index contributed by atoms with van der Waals surface area (Å²) in [4.78, 5) is 0. The van der Waals surface area contributed by atoms with Crippen LogP contribution < -0.4 is 10.1 Å². The fourth-order valence-corrected chi connectivity index (χ4v) is 3.37. The second-order valence-corrected chi connectivity index (χ2v) is 5.97. The summed E-state index contributed by atoms with van der Waals surface area (Å²) < 4.78 is 6.18. The smallest absolute Gasteiger partial charge is 0.124 e. The highest BCUT2D eigenvalue weighted by Crippen LogP contribution is 2.31. The van der Waals surface area contributed by atoms with Crippen molar-refractivity contribution in [1.29, 1.82) is 0 Å². The van der Waals surface area contributed by atoms with Gasteiger partial charge in [-0.05, 0) is 44.7 Å². The summed E-state index contributed by atoms with van der Waals surface area (Å²) in [6, 6.07) is 7.22. The zero-order valence-electron chi connectivity index (χ0n) is 10.8. The van der Waals surface area contributed by atoms with Gasteiger partial charge in [0.05, 0.1) is 0 Å². The maximum atomic E-state index is 6.18. The number of rotatable bonds is 2. The lowest BCUT2D eigenvalue weighted by molar-refractivity contribution is 0.0921. The zero-order valence-corrected chi connectivity index (χ0v) is 11.5.